The van der Waals surface area contributed by atoms with Crippen molar-refractivity contribution in [2.75, 3.05) is 23.8 Å². The van der Waals surface area contributed by atoms with Crippen molar-refractivity contribution in [3.63, 3.8) is 0 Å². The number of halogens is 2. The lowest BCUT2D eigenvalue weighted by molar-refractivity contribution is -0.145. The van der Waals surface area contributed by atoms with Gasteiger partial charge in [0.25, 0.3) is 5.91 Å². The first-order valence-electron chi connectivity index (χ1n) is 7.91. The number of rotatable bonds is 8. The van der Waals surface area contributed by atoms with Gasteiger partial charge in [-0.25, -0.2) is 0 Å². The summed E-state index contributed by atoms with van der Waals surface area (Å²) in [4.78, 5) is 25.4. The fraction of sp³-hybridized carbons (Fsp3) is 0.211. The minimum Gasteiger partial charge on any atom is -0.455 e. The number of benzene rings is 2. The molecule has 0 saturated heterocycles. The van der Waals surface area contributed by atoms with Crippen LogP contribution in [0.5, 0.6) is 0 Å². The van der Waals surface area contributed by atoms with Crippen LogP contribution in [0.4, 0.5) is 5.69 Å². The molecule has 0 bridgehead atoms. The summed E-state index contributed by atoms with van der Waals surface area (Å²) in [7, 11) is 0. The van der Waals surface area contributed by atoms with E-state index in [0.29, 0.717) is 21.5 Å². The number of para-hydroxylation sites is 1. The van der Waals surface area contributed by atoms with Gasteiger partial charge in [0.15, 0.2) is 6.61 Å². The van der Waals surface area contributed by atoms with Gasteiger partial charge in [0.2, 0.25) is 0 Å². The minimum atomic E-state index is -0.502. The van der Waals surface area contributed by atoms with Crippen molar-refractivity contribution in [3.8, 4) is 6.07 Å². The quantitative estimate of drug-likeness (QED) is 0.467. The van der Waals surface area contributed by atoms with Gasteiger partial charge in [-0.3, -0.25) is 14.5 Å². The average molecular weight is 423 g/mol. The molecular weight excluding hydrogens is 407 g/mol. The van der Waals surface area contributed by atoms with E-state index in [4.69, 9.17) is 33.2 Å². The standard InChI is InChI=1S/C19H16Cl2N2O3S/c20-16-7-6-14(10-17(16)21)12-27-13-19(25)26-11-18(24)23(9-8-22)15-4-2-1-3-5-15/h1-7,10H,9,11-13H2. The summed E-state index contributed by atoms with van der Waals surface area (Å²) >= 11 is 13.1. The predicted octanol–water partition coefficient (Wildman–Crippen LogP) is 4.33. The number of nitriles is 1. The molecule has 0 fully saturated rings. The van der Waals surface area contributed by atoms with E-state index in [2.05, 4.69) is 0 Å². The summed E-state index contributed by atoms with van der Waals surface area (Å²) in [5.74, 6) is -0.300. The second kappa shape index (κ2) is 10.8. The Labute approximate surface area is 171 Å². The Morgan fingerprint density at radius 2 is 1.85 bits per heavy atom. The molecule has 0 aliphatic heterocycles. The monoisotopic (exact) mass is 422 g/mol. The number of carbonyl (C=O) groups is 2. The number of esters is 1. The first-order valence-corrected chi connectivity index (χ1v) is 9.82. The van der Waals surface area contributed by atoms with Gasteiger partial charge in [-0.1, -0.05) is 47.5 Å². The van der Waals surface area contributed by atoms with Crippen molar-refractivity contribution >= 4 is 52.5 Å². The predicted molar refractivity (Wildman–Crippen MR) is 108 cm³/mol. The van der Waals surface area contributed by atoms with E-state index in [-0.39, 0.29) is 12.3 Å². The van der Waals surface area contributed by atoms with Crippen LogP contribution in [-0.4, -0.2) is 30.8 Å². The maximum Gasteiger partial charge on any atom is 0.316 e. The Bertz CT molecular complexity index is 841. The van der Waals surface area contributed by atoms with E-state index in [0.717, 1.165) is 5.56 Å². The van der Waals surface area contributed by atoms with Crippen LogP contribution in [-0.2, 0) is 20.1 Å². The third kappa shape index (κ3) is 6.79. The van der Waals surface area contributed by atoms with Gasteiger partial charge in [-0.05, 0) is 29.8 Å². The third-order valence-electron chi connectivity index (χ3n) is 3.43. The Morgan fingerprint density at radius 3 is 2.52 bits per heavy atom. The lowest BCUT2D eigenvalue weighted by Crippen LogP contribution is -2.35. The highest BCUT2D eigenvalue weighted by molar-refractivity contribution is 7.99. The van der Waals surface area contributed by atoms with Crippen molar-refractivity contribution in [2.24, 2.45) is 0 Å². The van der Waals surface area contributed by atoms with E-state index in [1.807, 2.05) is 18.2 Å². The lowest BCUT2D eigenvalue weighted by atomic mass is 10.2. The Morgan fingerprint density at radius 1 is 1.11 bits per heavy atom. The molecular formula is C19H16Cl2N2O3S. The smallest absolute Gasteiger partial charge is 0.316 e. The number of hydrogen-bond donors (Lipinski definition) is 0. The van der Waals surface area contributed by atoms with E-state index >= 15 is 0 Å². The summed E-state index contributed by atoms with van der Waals surface area (Å²) in [5.41, 5.74) is 1.51. The SMILES string of the molecule is N#CCN(C(=O)COC(=O)CSCc1ccc(Cl)c(Cl)c1)c1ccccc1. The number of carbonyl (C=O) groups excluding carboxylic acids is 2. The van der Waals surface area contributed by atoms with Crippen LogP contribution in [0.1, 0.15) is 5.56 Å². The molecule has 0 aliphatic carbocycles. The Kier molecular flexibility index (Phi) is 8.46. The number of amides is 1. The molecule has 0 heterocycles. The fourth-order valence-electron chi connectivity index (χ4n) is 2.15. The van der Waals surface area contributed by atoms with Crippen LogP contribution in [0.15, 0.2) is 48.5 Å². The van der Waals surface area contributed by atoms with Crippen LogP contribution in [0.25, 0.3) is 0 Å². The second-order valence-electron chi connectivity index (χ2n) is 5.38. The van der Waals surface area contributed by atoms with Crippen LogP contribution >= 0.6 is 35.0 Å². The molecule has 8 heteroatoms. The van der Waals surface area contributed by atoms with Crippen LogP contribution < -0.4 is 4.90 Å². The first kappa shape index (κ1) is 21.1. The highest BCUT2D eigenvalue weighted by Crippen LogP contribution is 2.24. The molecule has 1 amide bonds. The van der Waals surface area contributed by atoms with Gasteiger partial charge >= 0.3 is 5.97 Å². The topological polar surface area (TPSA) is 70.4 Å². The van der Waals surface area contributed by atoms with E-state index in [1.54, 1.807) is 36.4 Å². The molecule has 2 aromatic carbocycles. The zero-order valence-electron chi connectivity index (χ0n) is 14.2. The molecule has 0 atom stereocenters. The highest BCUT2D eigenvalue weighted by atomic mass is 35.5. The van der Waals surface area contributed by atoms with Gasteiger partial charge in [0.1, 0.15) is 6.54 Å². The Balaban J connectivity index is 1.79. The second-order valence-corrected chi connectivity index (χ2v) is 7.18. The fourth-order valence-corrected chi connectivity index (χ4v) is 3.23. The van der Waals surface area contributed by atoms with Crippen LogP contribution in [0, 0.1) is 11.3 Å². The zero-order valence-corrected chi connectivity index (χ0v) is 16.6. The molecule has 140 valence electrons. The molecule has 0 unspecified atom stereocenters. The molecule has 0 spiro atoms. The van der Waals surface area contributed by atoms with Crippen molar-refractivity contribution in [1.29, 1.82) is 5.26 Å². The van der Waals surface area contributed by atoms with E-state index in [1.165, 1.54) is 16.7 Å². The highest BCUT2D eigenvalue weighted by Gasteiger charge is 2.17. The number of thioether (sulfide) groups is 1. The Hall–Kier alpha value is -2.20. The maximum absolute atomic E-state index is 12.3. The van der Waals surface area contributed by atoms with Gasteiger partial charge in [0, 0.05) is 11.4 Å². The van der Waals surface area contributed by atoms with Crippen molar-refractivity contribution < 1.29 is 14.3 Å². The summed E-state index contributed by atoms with van der Waals surface area (Å²) in [5, 5.41) is 9.85. The first-order chi connectivity index (χ1) is 13.0. The minimum absolute atomic E-state index is 0.0944. The molecule has 27 heavy (non-hydrogen) atoms. The number of hydrogen-bond acceptors (Lipinski definition) is 5. The van der Waals surface area contributed by atoms with Gasteiger partial charge in [-0.15, -0.1) is 11.8 Å². The number of ether oxygens (including phenoxy) is 1. The summed E-state index contributed by atoms with van der Waals surface area (Å²) in [6.45, 7) is -0.533. The van der Waals surface area contributed by atoms with Gasteiger partial charge in [-0.2, -0.15) is 5.26 Å². The maximum atomic E-state index is 12.3. The molecule has 0 saturated carbocycles. The van der Waals surface area contributed by atoms with E-state index < -0.39 is 18.5 Å². The molecule has 0 aliphatic rings. The molecule has 0 N–H and O–H groups in total. The van der Waals surface area contributed by atoms with E-state index in [9.17, 15) is 9.59 Å². The molecule has 0 aromatic heterocycles. The van der Waals surface area contributed by atoms with Gasteiger partial charge < -0.3 is 4.74 Å². The normalized spacial score (nSPS) is 10.1. The van der Waals surface area contributed by atoms with Crippen molar-refractivity contribution in [2.45, 2.75) is 5.75 Å². The van der Waals surface area contributed by atoms with Crippen LogP contribution in [0.2, 0.25) is 10.0 Å². The van der Waals surface area contributed by atoms with Crippen LogP contribution in [0.3, 0.4) is 0 Å². The molecule has 2 aromatic rings. The molecule has 2 rings (SSSR count). The van der Waals surface area contributed by atoms with Crippen molar-refractivity contribution in [1.82, 2.24) is 0 Å². The zero-order chi connectivity index (χ0) is 19.6. The number of nitrogens with zero attached hydrogens (tertiary/aromatic N) is 2. The summed E-state index contributed by atoms with van der Waals surface area (Å²) in [6.07, 6.45) is 0. The van der Waals surface area contributed by atoms with Gasteiger partial charge in [0.05, 0.1) is 21.9 Å². The molecule has 0 radical (unpaired) electrons. The third-order valence-corrected chi connectivity index (χ3v) is 5.14. The largest absolute Gasteiger partial charge is 0.455 e. The average Bonchev–Trinajstić information content (AvgIpc) is 2.67. The van der Waals surface area contributed by atoms with Crippen molar-refractivity contribution in [3.05, 3.63) is 64.1 Å². The summed E-state index contributed by atoms with van der Waals surface area (Å²) in [6, 6.07) is 16.0. The number of anilines is 1. The molecule has 5 nitrogen and oxygen atoms in total. The lowest BCUT2D eigenvalue weighted by Gasteiger charge is -2.19. The summed E-state index contributed by atoms with van der Waals surface area (Å²) < 4.78 is 5.03.